The summed E-state index contributed by atoms with van der Waals surface area (Å²) in [4.78, 5) is 5.18. The van der Waals surface area contributed by atoms with Gasteiger partial charge in [0.05, 0.1) is 0 Å². The van der Waals surface area contributed by atoms with Gasteiger partial charge in [0.25, 0.3) is 0 Å². The van der Waals surface area contributed by atoms with Crippen molar-refractivity contribution in [3.05, 3.63) is 149 Å². The molecule has 0 spiro atoms. The van der Waals surface area contributed by atoms with Crippen LogP contribution in [0.3, 0.4) is 0 Å². The van der Waals surface area contributed by atoms with Crippen LogP contribution in [0.25, 0.3) is 88.3 Å². The molecule has 9 aromatic rings. The van der Waals surface area contributed by atoms with Crippen LogP contribution in [0.5, 0.6) is 0 Å². The molecule has 236 valence electrons. The number of hydrogen-bond donors (Lipinski definition) is 0. The lowest BCUT2D eigenvalue weighted by Gasteiger charge is -2.21. The van der Waals surface area contributed by atoms with Gasteiger partial charge in [0.15, 0.2) is 5.58 Å². The van der Waals surface area contributed by atoms with Crippen molar-refractivity contribution in [3.63, 3.8) is 0 Å². The van der Waals surface area contributed by atoms with E-state index in [1.54, 1.807) is 0 Å². The Labute approximate surface area is 287 Å². The van der Waals surface area contributed by atoms with Gasteiger partial charge in [-0.3, -0.25) is 0 Å². The van der Waals surface area contributed by atoms with E-state index in [0.717, 1.165) is 27.6 Å². The molecule has 0 saturated heterocycles. The van der Waals surface area contributed by atoms with E-state index in [1.807, 2.05) is 6.07 Å². The van der Waals surface area contributed by atoms with Gasteiger partial charge in [-0.2, -0.15) is 0 Å². The van der Waals surface area contributed by atoms with Crippen molar-refractivity contribution >= 4 is 43.4 Å². The van der Waals surface area contributed by atoms with Crippen molar-refractivity contribution in [2.75, 3.05) is 0 Å². The molecule has 0 radical (unpaired) electrons. The molecule has 1 heterocycles. The summed E-state index contributed by atoms with van der Waals surface area (Å²) in [6.07, 6.45) is 0. The minimum atomic E-state index is 0.646. The predicted octanol–water partition coefficient (Wildman–Crippen LogP) is 13.2. The van der Waals surface area contributed by atoms with E-state index in [4.69, 9.17) is 9.40 Å². The lowest BCUT2D eigenvalue weighted by Crippen LogP contribution is -1.96. The number of rotatable bonds is 4. The second-order valence-electron chi connectivity index (χ2n) is 13.9. The fourth-order valence-electron chi connectivity index (χ4n) is 8.56. The molecule has 8 aromatic carbocycles. The van der Waals surface area contributed by atoms with Gasteiger partial charge in [0, 0.05) is 5.56 Å². The highest BCUT2D eigenvalue weighted by Crippen LogP contribution is 2.48. The monoisotopic (exact) mass is 631 g/mol. The molecule has 0 N–H and O–H groups in total. The third kappa shape index (κ3) is 4.59. The summed E-state index contributed by atoms with van der Waals surface area (Å²) in [5.41, 5.74) is 17.8. The molecule has 1 aromatic heterocycles. The summed E-state index contributed by atoms with van der Waals surface area (Å²) in [6.45, 7) is 13.3. The van der Waals surface area contributed by atoms with Crippen molar-refractivity contribution in [1.82, 2.24) is 4.98 Å². The van der Waals surface area contributed by atoms with E-state index in [9.17, 15) is 0 Å². The van der Waals surface area contributed by atoms with E-state index >= 15 is 0 Å². The number of hydrogen-bond acceptors (Lipinski definition) is 2. The molecule has 2 nitrogen and oxygen atoms in total. The van der Waals surface area contributed by atoms with E-state index < -0.39 is 0 Å². The first-order chi connectivity index (χ1) is 23.7. The number of benzene rings is 8. The fraction of sp³-hybridized carbons (Fsp3) is 0.128. The Morgan fingerprint density at radius 1 is 0.449 bits per heavy atom. The van der Waals surface area contributed by atoms with Gasteiger partial charge in [0.1, 0.15) is 5.52 Å². The maximum absolute atomic E-state index is 6.63. The molecule has 0 amide bonds. The highest BCUT2D eigenvalue weighted by Gasteiger charge is 2.23. The average molecular weight is 632 g/mol. The predicted molar refractivity (Wildman–Crippen MR) is 208 cm³/mol. The molecule has 49 heavy (non-hydrogen) atoms. The zero-order chi connectivity index (χ0) is 33.6. The Morgan fingerprint density at radius 2 is 1.02 bits per heavy atom. The molecular weight excluding hydrogens is 595 g/mol. The zero-order valence-electron chi connectivity index (χ0n) is 28.8. The smallest absolute Gasteiger partial charge is 0.227 e. The van der Waals surface area contributed by atoms with Gasteiger partial charge >= 0.3 is 0 Å². The minimum absolute atomic E-state index is 0.646. The summed E-state index contributed by atoms with van der Waals surface area (Å²) >= 11 is 0. The van der Waals surface area contributed by atoms with Crippen LogP contribution in [0.15, 0.2) is 120 Å². The maximum Gasteiger partial charge on any atom is 0.227 e. The van der Waals surface area contributed by atoms with Crippen molar-refractivity contribution in [3.8, 4) is 44.8 Å². The molecule has 0 aliphatic carbocycles. The van der Waals surface area contributed by atoms with E-state index in [0.29, 0.717) is 5.89 Å². The summed E-state index contributed by atoms with van der Waals surface area (Å²) in [6, 6.07) is 42.1. The van der Waals surface area contributed by atoms with Crippen LogP contribution >= 0.6 is 0 Å². The van der Waals surface area contributed by atoms with E-state index in [-0.39, 0.29) is 0 Å². The van der Waals surface area contributed by atoms with Gasteiger partial charge in [-0.05, 0) is 148 Å². The van der Waals surface area contributed by atoms with Crippen molar-refractivity contribution < 1.29 is 4.42 Å². The van der Waals surface area contributed by atoms with Crippen molar-refractivity contribution in [2.45, 2.75) is 41.5 Å². The standard InChI is InChI=1S/C47H37NO/c1-26-20-28(3)43(29(4)21-26)35-15-12-33-13-16-37-39(44-30(5)22-27(2)23-31(44)6)25-40(38-18-17-36(35)45(33)46(37)38)47-48-41-24-34(14-19-42(41)49-47)32-10-8-7-9-11-32/h7-25H,1-6H3. The largest absolute Gasteiger partial charge is 0.436 e. The summed E-state index contributed by atoms with van der Waals surface area (Å²) < 4.78 is 6.63. The Hall–Kier alpha value is -5.73. The molecule has 0 atom stereocenters. The van der Waals surface area contributed by atoms with Crippen LogP contribution in [0.1, 0.15) is 33.4 Å². The van der Waals surface area contributed by atoms with Gasteiger partial charge in [-0.25, -0.2) is 4.98 Å². The Bertz CT molecular complexity index is 2720. The van der Waals surface area contributed by atoms with Crippen molar-refractivity contribution in [2.24, 2.45) is 0 Å². The Morgan fingerprint density at radius 3 is 1.69 bits per heavy atom. The summed E-state index contributed by atoms with van der Waals surface area (Å²) in [5, 5.41) is 7.48. The maximum atomic E-state index is 6.63. The van der Waals surface area contributed by atoms with Crippen LogP contribution < -0.4 is 0 Å². The first kappa shape index (κ1) is 29.4. The van der Waals surface area contributed by atoms with E-state index in [2.05, 4.69) is 151 Å². The average Bonchev–Trinajstić information content (AvgIpc) is 3.51. The number of aryl methyl sites for hydroxylation is 6. The third-order valence-electron chi connectivity index (χ3n) is 10.4. The molecule has 2 heteroatoms. The topological polar surface area (TPSA) is 26.0 Å². The normalized spacial score (nSPS) is 11.9. The van der Waals surface area contributed by atoms with Gasteiger partial charge in [-0.1, -0.05) is 108 Å². The number of oxazole rings is 1. The second-order valence-corrected chi connectivity index (χ2v) is 13.9. The van der Waals surface area contributed by atoms with Crippen molar-refractivity contribution in [1.29, 1.82) is 0 Å². The number of nitrogens with zero attached hydrogens (tertiary/aromatic N) is 1. The lowest BCUT2D eigenvalue weighted by molar-refractivity contribution is 0.620. The molecule has 0 aliphatic heterocycles. The summed E-state index contributed by atoms with van der Waals surface area (Å²) in [7, 11) is 0. The van der Waals surface area contributed by atoms with Gasteiger partial charge < -0.3 is 4.42 Å². The quantitative estimate of drug-likeness (QED) is 0.181. The zero-order valence-corrected chi connectivity index (χ0v) is 28.8. The lowest BCUT2D eigenvalue weighted by atomic mass is 9.82. The molecular formula is C47H37NO. The van der Waals surface area contributed by atoms with Crippen LogP contribution in [0.2, 0.25) is 0 Å². The number of aromatic nitrogens is 1. The molecule has 9 rings (SSSR count). The number of fused-ring (bicyclic) bond motifs is 1. The Balaban J connectivity index is 1.38. The first-order valence-electron chi connectivity index (χ1n) is 17.1. The van der Waals surface area contributed by atoms with Crippen LogP contribution in [-0.2, 0) is 0 Å². The SMILES string of the molecule is Cc1cc(C)c(-c2ccc3ccc4c(-c5c(C)cc(C)cc5C)cc(-c5nc6cc(-c7ccccc7)ccc6o5)c5ccc2c3c54)c(C)c1. The Kier molecular flexibility index (Phi) is 6.54. The van der Waals surface area contributed by atoms with Crippen LogP contribution in [0.4, 0.5) is 0 Å². The minimum Gasteiger partial charge on any atom is -0.436 e. The molecule has 0 unspecified atom stereocenters. The summed E-state index contributed by atoms with van der Waals surface area (Å²) in [5.74, 6) is 0.646. The fourth-order valence-corrected chi connectivity index (χ4v) is 8.56. The van der Waals surface area contributed by atoms with E-state index in [1.165, 1.54) is 88.1 Å². The second kappa shape index (κ2) is 10.9. The first-order valence-corrected chi connectivity index (χ1v) is 17.1. The molecule has 0 bridgehead atoms. The third-order valence-corrected chi connectivity index (χ3v) is 10.4. The van der Waals surface area contributed by atoms with Crippen LogP contribution in [0, 0.1) is 41.5 Å². The highest BCUT2D eigenvalue weighted by atomic mass is 16.3. The van der Waals surface area contributed by atoms with Gasteiger partial charge in [0.2, 0.25) is 5.89 Å². The van der Waals surface area contributed by atoms with Gasteiger partial charge in [-0.15, -0.1) is 0 Å². The molecule has 0 saturated carbocycles. The highest BCUT2D eigenvalue weighted by molar-refractivity contribution is 6.30. The molecule has 0 fully saturated rings. The molecule has 0 aliphatic rings. The van der Waals surface area contributed by atoms with Crippen LogP contribution in [-0.4, -0.2) is 4.98 Å².